The Morgan fingerprint density at radius 1 is 1.20 bits per heavy atom. The highest BCUT2D eigenvalue weighted by Gasteiger charge is 2.06. The number of hydrogen-bond donors (Lipinski definition) is 2. The molecule has 0 radical (unpaired) electrons. The van der Waals surface area contributed by atoms with Crippen LogP contribution in [0.25, 0.3) is 10.8 Å². The minimum Gasteiger partial charge on any atom is -0.504 e. The van der Waals surface area contributed by atoms with E-state index in [-0.39, 0.29) is 11.5 Å². The van der Waals surface area contributed by atoms with Crippen molar-refractivity contribution in [3.05, 3.63) is 30.1 Å². The molecule has 2 rings (SSSR count). The van der Waals surface area contributed by atoms with Gasteiger partial charge in [-0.05, 0) is 30.0 Å². The first-order chi connectivity index (χ1) is 7.22. The van der Waals surface area contributed by atoms with Crippen LogP contribution in [0.1, 0.15) is 19.0 Å². The summed E-state index contributed by atoms with van der Waals surface area (Å²) in [7, 11) is 0. The second-order valence-electron chi connectivity index (χ2n) is 3.57. The largest absolute Gasteiger partial charge is 0.504 e. The van der Waals surface area contributed by atoms with E-state index in [4.69, 9.17) is 0 Å². The molecule has 0 saturated carbocycles. The summed E-state index contributed by atoms with van der Waals surface area (Å²) in [4.78, 5) is 4.27. The third kappa shape index (κ3) is 1.73. The highest BCUT2D eigenvalue weighted by atomic mass is 16.3. The second kappa shape index (κ2) is 3.77. The fourth-order valence-corrected chi connectivity index (χ4v) is 1.69. The molecule has 1 aromatic heterocycles. The van der Waals surface area contributed by atoms with Crippen molar-refractivity contribution < 1.29 is 10.2 Å². The number of aryl methyl sites for hydroxylation is 1. The van der Waals surface area contributed by atoms with Crippen LogP contribution >= 0.6 is 0 Å². The van der Waals surface area contributed by atoms with E-state index in [9.17, 15) is 10.2 Å². The normalized spacial score (nSPS) is 10.7. The van der Waals surface area contributed by atoms with Crippen LogP contribution in [-0.4, -0.2) is 15.2 Å². The summed E-state index contributed by atoms with van der Waals surface area (Å²) < 4.78 is 0. The summed E-state index contributed by atoms with van der Waals surface area (Å²) in [5.74, 6) is -0.177. The molecule has 0 amide bonds. The molecule has 3 nitrogen and oxygen atoms in total. The maximum absolute atomic E-state index is 9.43. The second-order valence-corrected chi connectivity index (χ2v) is 3.57. The van der Waals surface area contributed by atoms with Crippen LogP contribution in [0.4, 0.5) is 0 Å². The smallest absolute Gasteiger partial charge is 0.158 e. The van der Waals surface area contributed by atoms with Crippen molar-refractivity contribution in [3.63, 3.8) is 0 Å². The lowest BCUT2D eigenvalue weighted by atomic mass is 10.1. The number of phenols is 2. The van der Waals surface area contributed by atoms with Crippen molar-refractivity contribution in [2.24, 2.45) is 0 Å². The Labute approximate surface area is 88.0 Å². The molecule has 1 aromatic carbocycles. The minimum absolute atomic E-state index is 0.0869. The van der Waals surface area contributed by atoms with E-state index >= 15 is 0 Å². The average molecular weight is 203 g/mol. The van der Waals surface area contributed by atoms with Gasteiger partial charge in [-0.2, -0.15) is 0 Å². The number of pyridine rings is 1. The fraction of sp³-hybridized carbons (Fsp3) is 0.250. The lowest BCUT2D eigenvalue weighted by Crippen LogP contribution is -1.90. The van der Waals surface area contributed by atoms with Crippen molar-refractivity contribution in [2.45, 2.75) is 19.8 Å². The molecule has 0 unspecified atom stereocenters. The number of aromatic nitrogens is 1. The number of phenolic OH excluding ortho intramolecular Hbond substituents is 2. The summed E-state index contributed by atoms with van der Waals surface area (Å²) in [6.45, 7) is 2.08. The summed E-state index contributed by atoms with van der Waals surface area (Å²) in [6, 6.07) is 4.96. The van der Waals surface area contributed by atoms with Gasteiger partial charge in [-0.1, -0.05) is 13.3 Å². The Hall–Kier alpha value is -1.77. The van der Waals surface area contributed by atoms with Gasteiger partial charge in [-0.3, -0.25) is 4.98 Å². The van der Waals surface area contributed by atoms with Gasteiger partial charge in [0.15, 0.2) is 11.5 Å². The molecule has 3 heteroatoms. The molecule has 0 fully saturated rings. The fourth-order valence-electron chi connectivity index (χ4n) is 1.69. The molecular formula is C12H13NO2. The van der Waals surface area contributed by atoms with E-state index in [2.05, 4.69) is 11.9 Å². The van der Waals surface area contributed by atoms with Gasteiger partial charge in [0.1, 0.15) is 0 Å². The molecule has 0 aliphatic rings. The number of nitrogens with zero attached hydrogens (tertiary/aromatic N) is 1. The predicted molar refractivity (Wildman–Crippen MR) is 59.1 cm³/mol. The highest BCUT2D eigenvalue weighted by Crippen LogP contribution is 2.31. The van der Waals surface area contributed by atoms with Gasteiger partial charge in [0.25, 0.3) is 0 Å². The maximum atomic E-state index is 9.43. The molecule has 0 aliphatic heterocycles. The van der Waals surface area contributed by atoms with E-state index in [0.717, 1.165) is 29.3 Å². The number of hydrogen-bond acceptors (Lipinski definition) is 3. The van der Waals surface area contributed by atoms with Crippen molar-refractivity contribution in [1.82, 2.24) is 4.98 Å². The van der Waals surface area contributed by atoms with Gasteiger partial charge < -0.3 is 10.2 Å². The minimum atomic E-state index is -0.0900. The quantitative estimate of drug-likeness (QED) is 0.737. The van der Waals surface area contributed by atoms with Crippen molar-refractivity contribution >= 4 is 10.8 Å². The maximum Gasteiger partial charge on any atom is 0.158 e. The molecule has 2 aromatic rings. The zero-order valence-corrected chi connectivity index (χ0v) is 8.57. The Bertz CT molecular complexity index is 494. The average Bonchev–Trinajstić information content (AvgIpc) is 2.21. The molecule has 2 N–H and O–H groups in total. The molecule has 15 heavy (non-hydrogen) atoms. The Morgan fingerprint density at radius 3 is 2.67 bits per heavy atom. The van der Waals surface area contributed by atoms with Gasteiger partial charge in [-0.15, -0.1) is 0 Å². The molecule has 0 spiro atoms. The summed E-state index contributed by atoms with van der Waals surface area (Å²) in [6.07, 6.45) is 3.61. The van der Waals surface area contributed by atoms with Crippen LogP contribution in [0.5, 0.6) is 11.5 Å². The highest BCUT2D eigenvalue weighted by molar-refractivity contribution is 5.87. The first-order valence-electron chi connectivity index (χ1n) is 5.02. The monoisotopic (exact) mass is 203 g/mol. The van der Waals surface area contributed by atoms with Crippen LogP contribution in [0, 0.1) is 0 Å². The summed E-state index contributed by atoms with van der Waals surface area (Å²) in [5.41, 5.74) is 0.963. The first kappa shape index (κ1) is 9.77. The zero-order valence-electron chi connectivity index (χ0n) is 8.57. The number of fused-ring (bicyclic) bond motifs is 1. The van der Waals surface area contributed by atoms with Gasteiger partial charge in [0.2, 0.25) is 0 Å². The van der Waals surface area contributed by atoms with Gasteiger partial charge in [-0.25, -0.2) is 0 Å². The van der Waals surface area contributed by atoms with E-state index in [0.29, 0.717) is 0 Å². The van der Waals surface area contributed by atoms with Crippen molar-refractivity contribution in [1.29, 1.82) is 0 Å². The number of rotatable bonds is 2. The number of benzene rings is 1. The standard InChI is InChI=1S/C12H13NO2/c1-2-3-10-9-7-12(15)11(14)6-8(9)4-5-13-10/h4-7,14-15H,2-3H2,1H3. The van der Waals surface area contributed by atoms with Crippen LogP contribution in [-0.2, 0) is 6.42 Å². The van der Waals surface area contributed by atoms with E-state index in [1.165, 1.54) is 0 Å². The first-order valence-corrected chi connectivity index (χ1v) is 5.02. The Morgan fingerprint density at radius 2 is 1.93 bits per heavy atom. The lowest BCUT2D eigenvalue weighted by molar-refractivity contribution is 0.405. The molecule has 0 saturated heterocycles. The Balaban J connectivity index is 2.68. The van der Waals surface area contributed by atoms with Crippen LogP contribution in [0.3, 0.4) is 0 Å². The zero-order chi connectivity index (χ0) is 10.8. The molecule has 1 heterocycles. The molecule has 0 atom stereocenters. The van der Waals surface area contributed by atoms with Crippen LogP contribution in [0.15, 0.2) is 24.4 Å². The molecular weight excluding hydrogens is 190 g/mol. The van der Waals surface area contributed by atoms with Crippen molar-refractivity contribution in [3.8, 4) is 11.5 Å². The van der Waals surface area contributed by atoms with Gasteiger partial charge in [0.05, 0.1) is 0 Å². The number of aromatic hydroxyl groups is 2. The predicted octanol–water partition coefficient (Wildman–Crippen LogP) is 2.60. The van der Waals surface area contributed by atoms with Crippen LogP contribution in [0.2, 0.25) is 0 Å². The van der Waals surface area contributed by atoms with Gasteiger partial charge in [0, 0.05) is 17.3 Å². The molecule has 78 valence electrons. The Kier molecular flexibility index (Phi) is 2.46. The third-order valence-corrected chi connectivity index (χ3v) is 2.43. The van der Waals surface area contributed by atoms with E-state index < -0.39 is 0 Å². The van der Waals surface area contributed by atoms with Gasteiger partial charge >= 0.3 is 0 Å². The van der Waals surface area contributed by atoms with Crippen LogP contribution < -0.4 is 0 Å². The molecule has 0 bridgehead atoms. The van der Waals surface area contributed by atoms with Crippen molar-refractivity contribution in [2.75, 3.05) is 0 Å². The topological polar surface area (TPSA) is 53.4 Å². The van der Waals surface area contributed by atoms with E-state index in [1.54, 1.807) is 18.3 Å². The molecule has 0 aliphatic carbocycles. The van der Waals surface area contributed by atoms with E-state index in [1.807, 2.05) is 6.07 Å². The lowest BCUT2D eigenvalue weighted by Gasteiger charge is -2.06. The summed E-state index contributed by atoms with van der Waals surface area (Å²) >= 11 is 0. The SMILES string of the molecule is CCCc1nccc2cc(O)c(O)cc12. The third-order valence-electron chi connectivity index (χ3n) is 2.43. The summed E-state index contributed by atoms with van der Waals surface area (Å²) in [5, 5.41) is 20.6.